The van der Waals surface area contributed by atoms with Crippen LogP contribution in [0.5, 0.6) is 0 Å². The summed E-state index contributed by atoms with van der Waals surface area (Å²) in [4.78, 5) is 4.51. The minimum absolute atomic E-state index is 0.201. The molecule has 0 radical (unpaired) electrons. The molecule has 1 atom stereocenters. The van der Waals surface area contributed by atoms with Gasteiger partial charge in [-0.25, -0.2) is 4.98 Å². The van der Waals surface area contributed by atoms with Crippen LogP contribution in [-0.2, 0) is 11.3 Å². The van der Waals surface area contributed by atoms with E-state index >= 15 is 0 Å². The van der Waals surface area contributed by atoms with Crippen LogP contribution in [0.4, 0.5) is 5.95 Å². The number of methoxy groups -OCH3 is 1. The minimum Gasteiger partial charge on any atom is -0.383 e. The zero-order valence-corrected chi connectivity index (χ0v) is 12.8. The number of hydrogen-bond acceptors (Lipinski definition) is 3. The zero-order chi connectivity index (χ0) is 14.5. The second kappa shape index (κ2) is 6.77. The third-order valence-electron chi connectivity index (χ3n) is 2.99. The van der Waals surface area contributed by atoms with Crippen molar-refractivity contribution in [3.63, 3.8) is 0 Å². The highest BCUT2D eigenvalue weighted by atomic mass is 35.5. The number of halogens is 1. The van der Waals surface area contributed by atoms with Crippen LogP contribution in [0.1, 0.15) is 18.2 Å². The van der Waals surface area contributed by atoms with Crippen molar-refractivity contribution in [1.29, 1.82) is 0 Å². The average molecular weight is 294 g/mol. The molecule has 1 unspecified atom stereocenters. The van der Waals surface area contributed by atoms with Gasteiger partial charge in [-0.05, 0) is 25.5 Å². The zero-order valence-electron chi connectivity index (χ0n) is 12.1. The van der Waals surface area contributed by atoms with Crippen LogP contribution in [0.2, 0.25) is 5.02 Å². The molecular weight excluding hydrogens is 274 g/mol. The number of aryl methyl sites for hydroxylation is 1. The van der Waals surface area contributed by atoms with Gasteiger partial charge in [-0.1, -0.05) is 29.8 Å². The lowest BCUT2D eigenvalue weighted by Gasteiger charge is -2.15. The van der Waals surface area contributed by atoms with Gasteiger partial charge in [0.15, 0.2) is 0 Å². The summed E-state index contributed by atoms with van der Waals surface area (Å²) in [5.41, 5.74) is 2.05. The van der Waals surface area contributed by atoms with E-state index in [0.29, 0.717) is 13.2 Å². The Kier molecular flexibility index (Phi) is 5.04. The highest BCUT2D eigenvalue weighted by Gasteiger charge is 2.10. The van der Waals surface area contributed by atoms with Gasteiger partial charge in [-0.3, -0.25) is 0 Å². The lowest BCUT2D eigenvalue weighted by molar-refractivity contribution is 0.190. The molecule has 0 amide bonds. The Morgan fingerprint density at radius 3 is 2.85 bits per heavy atom. The van der Waals surface area contributed by atoms with E-state index in [0.717, 1.165) is 22.2 Å². The standard InChI is InChI=1S/C15H20ClN3O/c1-11-8-19(9-13-6-4-5-7-14(13)16)15(17-11)18-12(2)10-20-3/h4-8,12H,9-10H2,1-3H3,(H,17,18). The van der Waals surface area contributed by atoms with Crippen molar-refractivity contribution in [2.75, 3.05) is 19.0 Å². The summed E-state index contributed by atoms with van der Waals surface area (Å²) in [6.45, 7) is 5.38. The predicted octanol–water partition coefficient (Wildman–Crippen LogP) is 3.34. The molecule has 0 saturated heterocycles. The van der Waals surface area contributed by atoms with Gasteiger partial charge in [0.05, 0.1) is 18.8 Å². The average Bonchev–Trinajstić information content (AvgIpc) is 2.72. The predicted molar refractivity (Wildman–Crippen MR) is 82.5 cm³/mol. The van der Waals surface area contributed by atoms with E-state index in [1.54, 1.807) is 7.11 Å². The number of imidazole rings is 1. The van der Waals surface area contributed by atoms with Gasteiger partial charge >= 0.3 is 0 Å². The molecule has 0 spiro atoms. The highest BCUT2D eigenvalue weighted by Crippen LogP contribution is 2.19. The Bertz CT molecular complexity index is 568. The molecule has 0 aliphatic carbocycles. The van der Waals surface area contributed by atoms with E-state index in [-0.39, 0.29) is 6.04 Å². The van der Waals surface area contributed by atoms with E-state index in [2.05, 4.69) is 21.8 Å². The van der Waals surface area contributed by atoms with Crippen LogP contribution < -0.4 is 5.32 Å². The molecule has 0 aliphatic rings. The minimum atomic E-state index is 0.201. The van der Waals surface area contributed by atoms with Gasteiger partial charge in [-0.2, -0.15) is 0 Å². The molecule has 0 saturated carbocycles. The summed E-state index contributed by atoms with van der Waals surface area (Å²) < 4.78 is 7.21. The normalized spacial score (nSPS) is 12.4. The van der Waals surface area contributed by atoms with Crippen molar-refractivity contribution >= 4 is 17.5 Å². The fourth-order valence-electron chi connectivity index (χ4n) is 2.10. The Hall–Kier alpha value is -1.52. The maximum Gasteiger partial charge on any atom is 0.203 e. The van der Waals surface area contributed by atoms with Crippen LogP contribution >= 0.6 is 11.6 Å². The second-order valence-corrected chi connectivity index (χ2v) is 5.33. The molecule has 2 rings (SSSR count). The maximum atomic E-state index is 6.21. The van der Waals surface area contributed by atoms with Crippen molar-refractivity contribution in [1.82, 2.24) is 9.55 Å². The van der Waals surface area contributed by atoms with Gasteiger partial charge < -0.3 is 14.6 Å². The van der Waals surface area contributed by atoms with Crippen molar-refractivity contribution < 1.29 is 4.74 Å². The Morgan fingerprint density at radius 2 is 2.15 bits per heavy atom. The van der Waals surface area contributed by atoms with Crippen molar-refractivity contribution in [3.8, 4) is 0 Å². The maximum absolute atomic E-state index is 6.21. The number of anilines is 1. The fourth-order valence-corrected chi connectivity index (χ4v) is 2.30. The van der Waals surface area contributed by atoms with Crippen molar-refractivity contribution in [2.45, 2.75) is 26.4 Å². The largest absolute Gasteiger partial charge is 0.383 e. The molecule has 5 heteroatoms. The van der Waals surface area contributed by atoms with Crippen LogP contribution in [-0.4, -0.2) is 29.3 Å². The van der Waals surface area contributed by atoms with Crippen molar-refractivity contribution in [3.05, 3.63) is 46.7 Å². The van der Waals surface area contributed by atoms with Gasteiger partial charge in [0, 0.05) is 24.4 Å². The lowest BCUT2D eigenvalue weighted by atomic mass is 10.2. The molecule has 1 aromatic heterocycles. The summed E-state index contributed by atoms with van der Waals surface area (Å²) in [6.07, 6.45) is 2.02. The number of ether oxygens (including phenoxy) is 1. The first-order chi connectivity index (χ1) is 9.60. The van der Waals surface area contributed by atoms with Crippen molar-refractivity contribution in [2.24, 2.45) is 0 Å². The highest BCUT2D eigenvalue weighted by molar-refractivity contribution is 6.31. The first-order valence-electron chi connectivity index (χ1n) is 6.63. The summed E-state index contributed by atoms with van der Waals surface area (Å²) in [7, 11) is 1.69. The SMILES string of the molecule is COCC(C)Nc1nc(C)cn1Cc1ccccc1Cl. The third-order valence-corrected chi connectivity index (χ3v) is 3.36. The summed E-state index contributed by atoms with van der Waals surface area (Å²) in [6, 6.07) is 8.06. The number of benzene rings is 1. The van der Waals surface area contributed by atoms with Crippen LogP contribution in [0, 0.1) is 6.92 Å². The Labute approximate surface area is 124 Å². The Balaban J connectivity index is 2.17. The van der Waals surface area contributed by atoms with Gasteiger partial charge in [0.2, 0.25) is 5.95 Å². The first-order valence-corrected chi connectivity index (χ1v) is 7.00. The van der Waals surface area contributed by atoms with E-state index in [9.17, 15) is 0 Å². The van der Waals surface area contributed by atoms with Gasteiger partial charge in [-0.15, -0.1) is 0 Å². The molecule has 1 aromatic carbocycles. The monoisotopic (exact) mass is 293 g/mol. The molecule has 4 nitrogen and oxygen atoms in total. The summed E-state index contributed by atoms with van der Waals surface area (Å²) in [5.74, 6) is 0.840. The molecule has 1 N–H and O–H groups in total. The second-order valence-electron chi connectivity index (χ2n) is 4.93. The summed E-state index contributed by atoms with van der Waals surface area (Å²) >= 11 is 6.21. The molecule has 2 aromatic rings. The lowest BCUT2D eigenvalue weighted by Crippen LogP contribution is -2.23. The van der Waals surface area contributed by atoms with Crippen LogP contribution in [0.25, 0.3) is 0 Å². The number of rotatable bonds is 6. The molecule has 1 heterocycles. The molecule has 0 bridgehead atoms. The van der Waals surface area contributed by atoms with Gasteiger partial charge in [0.1, 0.15) is 0 Å². The molecule has 0 fully saturated rings. The fraction of sp³-hybridized carbons (Fsp3) is 0.400. The number of nitrogens with one attached hydrogen (secondary N) is 1. The molecular formula is C15H20ClN3O. The van der Waals surface area contributed by atoms with E-state index < -0.39 is 0 Å². The molecule has 0 aliphatic heterocycles. The first kappa shape index (κ1) is 14.9. The third kappa shape index (κ3) is 3.74. The molecule has 20 heavy (non-hydrogen) atoms. The smallest absolute Gasteiger partial charge is 0.203 e. The van der Waals surface area contributed by atoms with E-state index in [1.807, 2.05) is 37.4 Å². The van der Waals surface area contributed by atoms with E-state index in [4.69, 9.17) is 16.3 Å². The van der Waals surface area contributed by atoms with Crippen LogP contribution in [0.15, 0.2) is 30.5 Å². The summed E-state index contributed by atoms with van der Waals surface area (Å²) in [5, 5.41) is 4.13. The topological polar surface area (TPSA) is 39.1 Å². The molecule has 108 valence electrons. The van der Waals surface area contributed by atoms with E-state index in [1.165, 1.54) is 0 Å². The Morgan fingerprint density at radius 1 is 1.40 bits per heavy atom. The number of hydrogen-bond donors (Lipinski definition) is 1. The van der Waals surface area contributed by atoms with Gasteiger partial charge in [0.25, 0.3) is 0 Å². The number of nitrogens with zero attached hydrogens (tertiary/aromatic N) is 2. The number of aromatic nitrogens is 2. The van der Waals surface area contributed by atoms with Crippen LogP contribution in [0.3, 0.4) is 0 Å². The quantitative estimate of drug-likeness (QED) is 0.888.